The molecular formula is C17H19F3N6. The zero-order valence-corrected chi connectivity index (χ0v) is 14.6. The predicted molar refractivity (Wildman–Crippen MR) is 92.4 cm³/mol. The second-order valence-electron chi connectivity index (χ2n) is 6.97. The van der Waals surface area contributed by atoms with Crippen molar-refractivity contribution in [2.75, 3.05) is 5.43 Å². The highest BCUT2D eigenvalue weighted by Crippen LogP contribution is 2.32. The third kappa shape index (κ3) is 3.34. The molecule has 0 saturated carbocycles. The van der Waals surface area contributed by atoms with Crippen molar-refractivity contribution in [3.63, 3.8) is 0 Å². The molecule has 2 aromatic heterocycles. The number of nitrogens with one attached hydrogen (secondary N) is 1. The van der Waals surface area contributed by atoms with Crippen LogP contribution >= 0.6 is 0 Å². The molecule has 0 aliphatic heterocycles. The van der Waals surface area contributed by atoms with E-state index >= 15 is 0 Å². The lowest BCUT2D eigenvalue weighted by atomic mass is 10.0. The molecule has 0 atom stereocenters. The number of hydrazine groups is 1. The summed E-state index contributed by atoms with van der Waals surface area (Å²) in [5.41, 5.74) is 3.07. The standard InChI is InChI=1S/C17H19F3N6/c1-16(2,3)26-15-13(14(24-21)22-9-23-15)12(25-26)8-10-5-4-6-11(7-10)17(18,19)20/h4-7,9H,8,21H2,1-3H3,(H,22,23,24). The Morgan fingerprint density at radius 3 is 2.50 bits per heavy atom. The average molecular weight is 364 g/mol. The van der Waals surface area contributed by atoms with Crippen LogP contribution < -0.4 is 11.3 Å². The summed E-state index contributed by atoms with van der Waals surface area (Å²) in [5.74, 6) is 5.93. The van der Waals surface area contributed by atoms with Gasteiger partial charge in [0.05, 0.1) is 22.2 Å². The van der Waals surface area contributed by atoms with E-state index in [1.54, 1.807) is 10.7 Å². The number of nitrogen functional groups attached to an aromatic ring is 1. The molecule has 0 saturated heterocycles. The zero-order chi connectivity index (χ0) is 19.1. The largest absolute Gasteiger partial charge is 0.416 e. The van der Waals surface area contributed by atoms with Gasteiger partial charge in [0, 0.05) is 6.42 Å². The van der Waals surface area contributed by atoms with Crippen molar-refractivity contribution in [3.05, 3.63) is 47.4 Å². The molecule has 0 radical (unpaired) electrons. The summed E-state index contributed by atoms with van der Waals surface area (Å²) in [6.45, 7) is 5.89. The maximum absolute atomic E-state index is 13.0. The number of rotatable bonds is 3. The molecule has 0 fully saturated rings. The fourth-order valence-corrected chi connectivity index (χ4v) is 2.77. The lowest BCUT2D eigenvalue weighted by molar-refractivity contribution is -0.137. The molecule has 9 heteroatoms. The summed E-state index contributed by atoms with van der Waals surface area (Å²) in [6, 6.07) is 5.20. The number of nitrogens with zero attached hydrogens (tertiary/aromatic N) is 4. The van der Waals surface area contributed by atoms with E-state index < -0.39 is 11.7 Å². The van der Waals surface area contributed by atoms with Gasteiger partial charge in [0.1, 0.15) is 6.33 Å². The third-order valence-corrected chi connectivity index (χ3v) is 3.94. The van der Waals surface area contributed by atoms with E-state index in [0.29, 0.717) is 28.1 Å². The van der Waals surface area contributed by atoms with Crippen molar-refractivity contribution in [1.29, 1.82) is 0 Å². The monoisotopic (exact) mass is 364 g/mol. The van der Waals surface area contributed by atoms with Gasteiger partial charge in [-0.2, -0.15) is 18.3 Å². The van der Waals surface area contributed by atoms with Crippen LogP contribution in [0, 0.1) is 0 Å². The molecule has 0 spiro atoms. The number of hydrogen-bond acceptors (Lipinski definition) is 5. The topological polar surface area (TPSA) is 81.7 Å². The highest BCUT2D eigenvalue weighted by Gasteiger charge is 2.30. The summed E-state index contributed by atoms with van der Waals surface area (Å²) in [5, 5.41) is 5.19. The molecule has 26 heavy (non-hydrogen) atoms. The maximum Gasteiger partial charge on any atom is 0.416 e. The number of benzene rings is 1. The Bertz CT molecular complexity index is 940. The first-order valence-electron chi connectivity index (χ1n) is 7.97. The van der Waals surface area contributed by atoms with Crippen LogP contribution in [0.1, 0.15) is 37.6 Å². The van der Waals surface area contributed by atoms with Crippen molar-refractivity contribution in [2.24, 2.45) is 5.84 Å². The van der Waals surface area contributed by atoms with Crippen LogP contribution in [0.5, 0.6) is 0 Å². The van der Waals surface area contributed by atoms with Crippen molar-refractivity contribution in [2.45, 2.75) is 38.9 Å². The minimum absolute atomic E-state index is 0.200. The maximum atomic E-state index is 13.0. The number of fused-ring (bicyclic) bond motifs is 1. The van der Waals surface area contributed by atoms with E-state index in [9.17, 15) is 13.2 Å². The second-order valence-corrected chi connectivity index (χ2v) is 6.97. The molecule has 3 aromatic rings. The molecule has 0 bridgehead atoms. The highest BCUT2D eigenvalue weighted by molar-refractivity contribution is 5.89. The molecule has 1 aromatic carbocycles. The molecule has 3 rings (SSSR count). The molecule has 0 aliphatic carbocycles. The van der Waals surface area contributed by atoms with E-state index in [1.165, 1.54) is 12.4 Å². The number of alkyl halides is 3. The van der Waals surface area contributed by atoms with Crippen LogP contribution in [0.2, 0.25) is 0 Å². The summed E-state index contributed by atoms with van der Waals surface area (Å²) in [7, 11) is 0. The van der Waals surface area contributed by atoms with E-state index in [4.69, 9.17) is 5.84 Å². The van der Waals surface area contributed by atoms with Crippen LogP contribution in [-0.2, 0) is 18.1 Å². The van der Waals surface area contributed by atoms with Crippen LogP contribution in [-0.4, -0.2) is 19.7 Å². The van der Waals surface area contributed by atoms with E-state index in [2.05, 4.69) is 20.5 Å². The minimum Gasteiger partial charge on any atom is -0.308 e. The molecule has 3 N–H and O–H groups in total. The zero-order valence-electron chi connectivity index (χ0n) is 14.6. The molecular weight excluding hydrogens is 345 g/mol. The number of nitrogens with two attached hydrogens (primary N) is 1. The highest BCUT2D eigenvalue weighted by atomic mass is 19.4. The number of anilines is 1. The van der Waals surface area contributed by atoms with E-state index in [0.717, 1.165) is 12.1 Å². The van der Waals surface area contributed by atoms with Gasteiger partial charge in [-0.15, -0.1) is 0 Å². The van der Waals surface area contributed by atoms with Gasteiger partial charge in [0.25, 0.3) is 0 Å². The van der Waals surface area contributed by atoms with Gasteiger partial charge in [-0.3, -0.25) is 0 Å². The summed E-state index contributed by atoms with van der Waals surface area (Å²) in [6.07, 6.45) is -2.82. The van der Waals surface area contributed by atoms with Gasteiger partial charge in [-0.1, -0.05) is 18.2 Å². The summed E-state index contributed by atoms with van der Waals surface area (Å²) >= 11 is 0. The SMILES string of the molecule is CC(C)(C)n1nc(Cc2cccc(C(F)(F)F)c2)c2c(NN)ncnc21. The average Bonchev–Trinajstić information content (AvgIpc) is 2.93. The predicted octanol–water partition coefficient (Wildman–Crippen LogP) is 3.48. The molecule has 2 heterocycles. The number of aromatic nitrogens is 4. The molecule has 138 valence electrons. The fraction of sp³-hybridized carbons (Fsp3) is 0.353. The first kappa shape index (κ1) is 18.1. The van der Waals surface area contributed by atoms with Crippen LogP contribution in [0.4, 0.5) is 19.0 Å². The Kier molecular flexibility index (Phi) is 4.35. The van der Waals surface area contributed by atoms with E-state index in [1.807, 2.05) is 20.8 Å². The molecule has 6 nitrogen and oxygen atoms in total. The van der Waals surface area contributed by atoms with Crippen molar-refractivity contribution >= 4 is 16.9 Å². The fourth-order valence-electron chi connectivity index (χ4n) is 2.77. The van der Waals surface area contributed by atoms with Gasteiger partial charge in [-0.25, -0.2) is 20.5 Å². The normalized spacial score (nSPS) is 12.6. The Morgan fingerprint density at radius 2 is 1.88 bits per heavy atom. The van der Waals surface area contributed by atoms with Gasteiger partial charge < -0.3 is 5.43 Å². The second kappa shape index (κ2) is 6.24. The Labute approximate surface area is 148 Å². The molecule has 0 unspecified atom stereocenters. The smallest absolute Gasteiger partial charge is 0.308 e. The van der Waals surface area contributed by atoms with Crippen LogP contribution in [0.3, 0.4) is 0 Å². The van der Waals surface area contributed by atoms with Crippen LogP contribution in [0.15, 0.2) is 30.6 Å². The Morgan fingerprint density at radius 1 is 1.15 bits per heavy atom. The van der Waals surface area contributed by atoms with Crippen LogP contribution in [0.25, 0.3) is 11.0 Å². The lowest BCUT2D eigenvalue weighted by Gasteiger charge is -2.19. The summed E-state index contributed by atoms with van der Waals surface area (Å²) < 4.78 is 40.6. The third-order valence-electron chi connectivity index (χ3n) is 3.94. The molecule has 0 aliphatic rings. The van der Waals surface area contributed by atoms with Gasteiger partial charge in [-0.05, 0) is 32.4 Å². The van der Waals surface area contributed by atoms with Gasteiger partial charge in [0.15, 0.2) is 11.5 Å². The van der Waals surface area contributed by atoms with Gasteiger partial charge in [0.2, 0.25) is 0 Å². The quantitative estimate of drug-likeness (QED) is 0.549. The van der Waals surface area contributed by atoms with Gasteiger partial charge >= 0.3 is 6.18 Å². The Balaban J connectivity index is 2.14. The first-order valence-corrected chi connectivity index (χ1v) is 7.97. The van der Waals surface area contributed by atoms with E-state index in [-0.39, 0.29) is 12.0 Å². The summed E-state index contributed by atoms with van der Waals surface area (Å²) in [4.78, 5) is 8.39. The molecule has 0 amide bonds. The number of halogens is 3. The van der Waals surface area contributed by atoms with Crippen molar-refractivity contribution < 1.29 is 13.2 Å². The van der Waals surface area contributed by atoms with Crippen molar-refractivity contribution in [3.8, 4) is 0 Å². The minimum atomic E-state index is -4.39. The van der Waals surface area contributed by atoms with Crippen molar-refractivity contribution in [1.82, 2.24) is 19.7 Å². The number of hydrogen-bond donors (Lipinski definition) is 2. The lowest BCUT2D eigenvalue weighted by Crippen LogP contribution is -2.23. The first-order chi connectivity index (χ1) is 12.1. The Hall–Kier alpha value is -2.68.